The van der Waals surface area contributed by atoms with Gasteiger partial charge in [-0.25, -0.2) is 0 Å². The summed E-state index contributed by atoms with van der Waals surface area (Å²) >= 11 is 1.78. The third kappa shape index (κ3) is 5.55. The summed E-state index contributed by atoms with van der Waals surface area (Å²) in [6.45, 7) is 2.12. The Kier molecular flexibility index (Phi) is 7.24. The fourth-order valence-electron chi connectivity index (χ4n) is 5.57. The van der Waals surface area contributed by atoms with Crippen molar-refractivity contribution < 1.29 is 0 Å². The third-order valence-electron chi connectivity index (χ3n) is 8.06. The number of hydrogen-bond acceptors (Lipinski definition) is 3. The molecule has 0 aliphatic carbocycles. The van der Waals surface area contributed by atoms with Gasteiger partial charge in [-0.05, 0) is 113 Å². The summed E-state index contributed by atoms with van der Waals surface area (Å²) < 4.78 is 1.32. The van der Waals surface area contributed by atoms with Gasteiger partial charge in [-0.1, -0.05) is 84.4 Å². The Balaban J connectivity index is 1.14. The van der Waals surface area contributed by atoms with Crippen molar-refractivity contribution in [1.29, 1.82) is 0 Å². The highest BCUT2D eigenvalue weighted by Crippen LogP contribution is 2.37. The number of benzene rings is 6. The van der Waals surface area contributed by atoms with Gasteiger partial charge in [0, 0.05) is 40.2 Å². The smallest absolute Gasteiger partial charge is 0.0462 e. The first-order valence-electron chi connectivity index (χ1n) is 14.6. The first-order chi connectivity index (χ1) is 21.1. The molecule has 208 valence electrons. The van der Waals surface area contributed by atoms with E-state index in [0.29, 0.717) is 0 Å². The summed E-state index contributed by atoms with van der Waals surface area (Å²) in [5.41, 5.74) is 11.9. The van der Waals surface area contributed by atoms with Crippen molar-refractivity contribution in [2.45, 2.75) is 6.92 Å². The number of para-hydroxylation sites is 1. The molecule has 0 saturated carbocycles. The molecule has 0 saturated heterocycles. The molecule has 0 spiro atoms. The zero-order valence-corrected chi connectivity index (χ0v) is 25.1. The maximum atomic E-state index is 2.31. The maximum Gasteiger partial charge on any atom is 0.0462 e. The van der Waals surface area contributed by atoms with Crippen molar-refractivity contribution in [2.75, 3.05) is 16.8 Å². The molecule has 2 nitrogen and oxygen atoms in total. The third-order valence-corrected chi connectivity index (χ3v) is 8.96. The lowest BCUT2D eigenvalue weighted by atomic mass is 10.0. The van der Waals surface area contributed by atoms with E-state index in [1.165, 1.54) is 49.3 Å². The second kappa shape index (κ2) is 11.6. The molecule has 0 fully saturated rings. The molecule has 0 amide bonds. The monoisotopic (exact) mass is 572 g/mol. The van der Waals surface area contributed by atoms with Crippen LogP contribution >= 0.6 is 11.3 Å². The van der Waals surface area contributed by atoms with Crippen molar-refractivity contribution in [3.05, 3.63) is 163 Å². The van der Waals surface area contributed by atoms with Crippen LogP contribution < -0.4 is 9.80 Å². The van der Waals surface area contributed by atoms with Gasteiger partial charge in [0.2, 0.25) is 0 Å². The molecule has 0 N–H and O–H groups in total. The van der Waals surface area contributed by atoms with E-state index in [4.69, 9.17) is 0 Å². The highest BCUT2D eigenvalue weighted by molar-refractivity contribution is 7.17. The van der Waals surface area contributed by atoms with Crippen LogP contribution in [0.5, 0.6) is 0 Å². The van der Waals surface area contributed by atoms with Crippen LogP contribution in [0.15, 0.2) is 157 Å². The van der Waals surface area contributed by atoms with E-state index in [-0.39, 0.29) is 0 Å². The molecule has 0 atom stereocenters. The molecule has 6 aromatic carbocycles. The van der Waals surface area contributed by atoms with Gasteiger partial charge in [-0.3, -0.25) is 0 Å². The molecule has 0 aliphatic heterocycles. The summed E-state index contributed by atoms with van der Waals surface area (Å²) in [4.78, 5) is 4.55. The summed E-state index contributed by atoms with van der Waals surface area (Å²) in [6.07, 6.45) is 0. The lowest BCUT2D eigenvalue weighted by Gasteiger charge is -2.26. The SMILES string of the molecule is Cc1ccc(-c2ccc(N(c3ccccc3)c3ccc(-c4ccc(N(C)c5ccc6sccc6c5)cc4)cc3)cc2)cc1. The number of thiophene rings is 1. The Labute approximate surface area is 257 Å². The minimum atomic E-state index is 1.12. The number of anilines is 5. The normalized spacial score (nSPS) is 11.0. The molecule has 0 radical (unpaired) electrons. The summed E-state index contributed by atoms with van der Waals surface area (Å²) in [5.74, 6) is 0. The Morgan fingerprint density at radius 2 is 0.907 bits per heavy atom. The first-order valence-corrected chi connectivity index (χ1v) is 15.4. The van der Waals surface area contributed by atoms with Crippen molar-refractivity contribution in [3.8, 4) is 22.3 Å². The van der Waals surface area contributed by atoms with Crippen LogP contribution in [-0.2, 0) is 0 Å². The minimum absolute atomic E-state index is 1.12. The number of fused-ring (bicyclic) bond motifs is 1. The van der Waals surface area contributed by atoms with Gasteiger partial charge < -0.3 is 9.80 Å². The second-order valence-corrected chi connectivity index (χ2v) is 11.8. The van der Waals surface area contributed by atoms with Gasteiger partial charge in [-0.15, -0.1) is 11.3 Å². The molecule has 1 aromatic heterocycles. The van der Waals surface area contributed by atoms with Crippen LogP contribution in [-0.4, -0.2) is 7.05 Å². The largest absolute Gasteiger partial charge is 0.345 e. The van der Waals surface area contributed by atoms with E-state index in [2.05, 4.69) is 181 Å². The molecule has 0 bridgehead atoms. The van der Waals surface area contributed by atoms with Crippen LogP contribution in [0, 0.1) is 6.92 Å². The highest BCUT2D eigenvalue weighted by Gasteiger charge is 2.13. The molecule has 3 heteroatoms. The molecule has 43 heavy (non-hydrogen) atoms. The highest BCUT2D eigenvalue weighted by atomic mass is 32.1. The van der Waals surface area contributed by atoms with Crippen LogP contribution in [0.2, 0.25) is 0 Å². The van der Waals surface area contributed by atoms with E-state index in [1.807, 2.05) is 0 Å². The molecule has 1 heterocycles. The molecule has 7 aromatic rings. The van der Waals surface area contributed by atoms with Crippen molar-refractivity contribution >= 4 is 49.9 Å². The van der Waals surface area contributed by atoms with Gasteiger partial charge in [0.05, 0.1) is 0 Å². The van der Waals surface area contributed by atoms with Crippen LogP contribution in [0.1, 0.15) is 5.56 Å². The summed E-state index contributed by atoms with van der Waals surface area (Å²) in [7, 11) is 2.13. The Morgan fingerprint density at radius 1 is 0.442 bits per heavy atom. The quantitative estimate of drug-likeness (QED) is 0.187. The lowest BCUT2D eigenvalue weighted by molar-refractivity contribution is 1.21. The average Bonchev–Trinajstić information content (AvgIpc) is 3.55. The van der Waals surface area contributed by atoms with Gasteiger partial charge in [0.1, 0.15) is 0 Å². The lowest BCUT2D eigenvalue weighted by Crippen LogP contribution is -2.09. The summed E-state index contributed by atoms with van der Waals surface area (Å²) in [5, 5.41) is 3.44. The average molecular weight is 573 g/mol. The van der Waals surface area contributed by atoms with E-state index in [0.717, 1.165) is 17.1 Å². The molecule has 0 unspecified atom stereocenters. The topological polar surface area (TPSA) is 6.48 Å². The fraction of sp³-hybridized carbons (Fsp3) is 0.0500. The van der Waals surface area contributed by atoms with E-state index >= 15 is 0 Å². The van der Waals surface area contributed by atoms with Gasteiger partial charge in [0.15, 0.2) is 0 Å². The summed E-state index contributed by atoms with van der Waals surface area (Å²) in [6, 6.07) is 54.6. The molecular formula is C40H32N2S. The van der Waals surface area contributed by atoms with Crippen molar-refractivity contribution in [2.24, 2.45) is 0 Å². The predicted octanol–water partition coefficient (Wildman–Crippen LogP) is 11.8. The number of rotatable bonds is 7. The second-order valence-electron chi connectivity index (χ2n) is 10.9. The Morgan fingerprint density at radius 3 is 1.47 bits per heavy atom. The standard InChI is InChI=1S/C40H32N2S/c1-29-8-10-30(11-9-29)32-14-20-37(21-15-32)42(36-6-4-3-5-7-36)38-22-16-33(17-23-38)31-12-18-35(19-13-31)41(2)39-24-25-40-34(28-39)26-27-43-40/h3-28H,1-2H3. The number of nitrogens with zero attached hydrogens (tertiary/aromatic N) is 2. The minimum Gasteiger partial charge on any atom is -0.345 e. The first kappa shape index (κ1) is 26.8. The predicted molar refractivity (Wildman–Crippen MR) is 187 cm³/mol. The van der Waals surface area contributed by atoms with E-state index in [9.17, 15) is 0 Å². The van der Waals surface area contributed by atoms with E-state index < -0.39 is 0 Å². The van der Waals surface area contributed by atoms with Crippen LogP contribution in [0.3, 0.4) is 0 Å². The Hall–Kier alpha value is -5.12. The number of aryl methyl sites for hydroxylation is 1. The fourth-order valence-corrected chi connectivity index (χ4v) is 6.34. The van der Waals surface area contributed by atoms with Crippen molar-refractivity contribution in [3.63, 3.8) is 0 Å². The van der Waals surface area contributed by atoms with Crippen LogP contribution in [0.25, 0.3) is 32.3 Å². The molecule has 7 rings (SSSR count). The Bertz CT molecular complexity index is 1960. The maximum absolute atomic E-state index is 2.31. The van der Waals surface area contributed by atoms with Gasteiger partial charge >= 0.3 is 0 Å². The number of hydrogen-bond donors (Lipinski definition) is 0. The van der Waals surface area contributed by atoms with Gasteiger partial charge in [-0.2, -0.15) is 0 Å². The van der Waals surface area contributed by atoms with Crippen LogP contribution in [0.4, 0.5) is 28.4 Å². The molecular weight excluding hydrogens is 541 g/mol. The van der Waals surface area contributed by atoms with Gasteiger partial charge in [0.25, 0.3) is 0 Å². The van der Waals surface area contributed by atoms with Crippen molar-refractivity contribution in [1.82, 2.24) is 0 Å². The zero-order valence-electron chi connectivity index (χ0n) is 24.3. The van der Waals surface area contributed by atoms with E-state index in [1.54, 1.807) is 11.3 Å². The zero-order chi connectivity index (χ0) is 29.2. The molecule has 0 aliphatic rings.